The highest BCUT2D eigenvalue weighted by Gasteiger charge is 2.35. The van der Waals surface area contributed by atoms with Gasteiger partial charge in [0.15, 0.2) is 6.10 Å². The van der Waals surface area contributed by atoms with Gasteiger partial charge in [-0.05, 0) is 65.1 Å². The Bertz CT molecular complexity index is 918. The molecule has 1 atom stereocenters. The largest absolute Gasteiger partial charge is 0.476 e. The molecule has 1 amide bonds. The lowest BCUT2D eigenvalue weighted by Crippen LogP contribution is -2.48. The van der Waals surface area contributed by atoms with E-state index in [-0.39, 0.29) is 6.54 Å². The summed E-state index contributed by atoms with van der Waals surface area (Å²) in [4.78, 5) is 12.5. The predicted octanol–water partition coefficient (Wildman–Crippen LogP) is 3.11. The van der Waals surface area contributed by atoms with E-state index in [4.69, 9.17) is 16.3 Å². The Morgan fingerprint density at radius 1 is 1.28 bits per heavy atom. The molecule has 6 nitrogen and oxygen atoms in total. The first kappa shape index (κ1) is 18.3. The highest BCUT2D eigenvalue weighted by Crippen LogP contribution is 2.37. The Balaban J connectivity index is 1.87. The Kier molecular flexibility index (Phi) is 5.12. The SMILES string of the molecule is CS(=O)(=O)N1C[C@@H](C(=O)Nc2ccc(I)cc2)Oc2ccc(Cl)cc21. The summed E-state index contributed by atoms with van der Waals surface area (Å²) < 4.78 is 32.1. The van der Waals surface area contributed by atoms with Crippen molar-refractivity contribution < 1.29 is 17.9 Å². The molecule has 25 heavy (non-hydrogen) atoms. The van der Waals surface area contributed by atoms with Gasteiger partial charge in [0.2, 0.25) is 10.0 Å². The van der Waals surface area contributed by atoms with Crippen molar-refractivity contribution in [2.75, 3.05) is 22.4 Å². The number of nitrogens with one attached hydrogen (secondary N) is 1. The van der Waals surface area contributed by atoms with Gasteiger partial charge in [0.25, 0.3) is 5.91 Å². The molecule has 1 aliphatic heterocycles. The number of sulfonamides is 1. The number of hydrogen-bond acceptors (Lipinski definition) is 4. The van der Waals surface area contributed by atoms with Crippen molar-refractivity contribution >= 4 is 61.5 Å². The predicted molar refractivity (Wildman–Crippen MR) is 106 cm³/mol. The van der Waals surface area contributed by atoms with Crippen LogP contribution in [-0.2, 0) is 14.8 Å². The van der Waals surface area contributed by atoms with Crippen molar-refractivity contribution in [3.8, 4) is 5.75 Å². The summed E-state index contributed by atoms with van der Waals surface area (Å²) in [6, 6.07) is 11.9. The molecule has 1 heterocycles. The number of halogens is 2. The van der Waals surface area contributed by atoms with Crippen molar-refractivity contribution in [1.82, 2.24) is 0 Å². The molecule has 9 heteroatoms. The van der Waals surface area contributed by atoms with Crippen LogP contribution < -0.4 is 14.4 Å². The van der Waals surface area contributed by atoms with Gasteiger partial charge in [-0.2, -0.15) is 0 Å². The van der Waals surface area contributed by atoms with Crippen LogP contribution in [0.3, 0.4) is 0 Å². The monoisotopic (exact) mass is 492 g/mol. The van der Waals surface area contributed by atoms with Gasteiger partial charge in [0.1, 0.15) is 5.75 Å². The van der Waals surface area contributed by atoms with Crippen molar-refractivity contribution in [3.05, 3.63) is 51.1 Å². The average Bonchev–Trinajstić information content (AvgIpc) is 2.55. The number of anilines is 2. The van der Waals surface area contributed by atoms with Crippen LogP contribution in [-0.4, -0.2) is 33.2 Å². The third-order valence-corrected chi connectivity index (χ3v) is 5.70. The number of ether oxygens (including phenoxy) is 1. The molecule has 0 aliphatic carbocycles. The number of carbonyl (C=O) groups is 1. The first-order chi connectivity index (χ1) is 11.7. The Labute approximate surface area is 164 Å². The number of benzene rings is 2. The molecular weight excluding hydrogens is 479 g/mol. The number of carbonyl (C=O) groups excluding carboxylic acids is 1. The smallest absolute Gasteiger partial charge is 0.267 e. The van der Waals surface area contributed by atoms with Crippen molar-refractivity contribution in [2.24, 2.45) is 0 Å². The van der Waals surface area contributed by atoms with Crippen LogP contribution >= 0.6 is 34.2 Å². The third-order valence-electron chi connectivity index (χ3n) is 3.60. The lowest BCUT2D eigenvalue weighted by atomic mass is 10.2. The summed E-state index contributed by atoms with van der Waals surface area (Å²) in [5.41, 5.74) is 0.940. The minimum absolute atomic E-state index is 0.123. The van der Waals surface area contributed by atoms with Crippen LogP contribution in [0, 0.1) is 3.57 Å². The highest BCUT2D eigenvalue weighted by atomic mass is 127. The molecule has 0 aromatic heterocycles. The molecule has 2 aromatic carbocycles. The van der Waals surface area contributed by atoms with E-state index in [1.54, 1.807) is 24.3 Å². The molecule has 1 N–H and O–H groups in total. The molecule has 3 rings (SSSR count). The average molecular weight is 493 g/mol. The van der Waals surface area contributed by atoms with Crippen LogP contribution in [0.4, 0.5) is 11.4 Å². The van der Waals surface area contributed by atoms with Gasteiger partial charge in [0.05, 0.1) is 18.5 Å². The standard InChI is InChI=1S/C16H14ClIN2O4S/c1-25(22,23)20-9-15(24-14-7-2-10(17)8-13(14)20)16(21)19-12-5-3-11(18)4-6-12/h2-8,15H,9H2,1H3,(H,19,21)/t15-/m0/s1. The maximum absolute atomic E-state index is 12.5. The minimum atomic E-state index is -3.59. The number of nitrogens with zero attached hydrogens (tertiary/aromatic N) is 1. The lowest BCUT2D eigenvalue weighted by molar-refractivity contribution is -0.122. The van der Waals surface area contributed by atoms with E-state index < -0.39 is 22.0 Å². The second-order valence-electron chi connectivity index (χ2n) is 5.51. The van der Waals surface area contributed by atoms with Crippen molar-refractivity contribution in [1.29, 1.82) is 0 Å². The van der Waals surface area contributed by atoms with Gasteiger partial charge in [0, 0.05) is 14.3 Å². The first-order valence-electron chi connectivity index (χ1n) is 7.24. The molecule has 0 spiro atoms. The molecule has 0 fully saturated rings. The normalized spacial score (nSPS) is 16.8. The topological polar surface area (TPSA) is 75.7 Å². The fraction of sp³-hybridized carbons (Fsp3) is 0.188. The number of rotatable bonds is 3. The highest BCUT2D eigenvalue weighted by molar-refractivity contribution is 14.1. The Morgan fingerprint density at radius 3 is 2.60 bits per heavy atom. The maximum atomic E-state index is 12.5. The zero-order chi connectivity index (χ0) is 18.2. The molecule has 0 bridgehead atoms. The number of fused-ring (bicyclic) bond motifs is 1. The Hall–Kier alpha value is -1.52. The van der Waals surface area contributed by atoms with Gasteiger partial charge >= 0.3 is 0 Å². The van der Waals surface area contributed by atoms with Gasteiger partial charge in [-0.15, -0.1) is 0 Å². The van der Waals surface area contributed by atoms with Gasteiger partial charge in [-0.25, -0.2) is 8.42 Å². The summed E-state index contributed by atoms with van der Waals surface area (Å²) in [7, 11) is -3.59. The third kappa shape index (κ3) is 4.18. The fourth-order valence-electron chi connectivity index (χ4n) is 2.43. The Morgan fingerprint density at radius 2 is 1.96 bits per heavy atom. The quantitative estimate of drug-likeness (QED) is 0.668. The van der Waals surface area contributed by atoms with Crippen molar-refractivity contribution in [2.45, 2.75) is 6.10 Å². The first-order valence-corrected chi connectivity index (χ1v) is 10.5. The summed E-state index contributed by atoms with van der Waals surface area (Å²) in [6.07, 6.45) is 0.111. The molecular formula is C16H14ClIN2O4S. The second-order valence-corrected chi connectivity index (χ2v) is 9.10. The molecule has 0 saturated heterocycles. The fourth-order valence-corrected chi connectivity index (χ4v) is 3.86. The van der Waals surface area contributed by atoms with Gasteiger partial charge < -0.3 is 10.1 Å². The van der Waals surface area contributed by atoms with E-state index in [2.05, 4.69) is 27.9 Å². The summed E-state index contributed by atoms with van der Waals surface area (Å²) in [5, 5.41) is 3.13. The summed E-state index contributed by atoms with van der Waals surface area (Å²) in [5.74, 6) is -0.126. The van der Waals surface area contributed by atoms with E-state index in [1.165, 1.54) is 6.07 Å². The van der Waals surface area contributed by atoms with Crippen LogP contribution in [0.1, 0.15) is 0 Å². The summed E-state index contributed by atoms with van der Waals surface area (Å²) >= 11 is 8.12. The molecule has 0 saturated carbocycles. The zero-order valence-corrected chi connectivity index (χ0v) is 16.8. The second kappa shape index (κ2) is 7.00. The molecule has 2 aromatic rings. The summed E-state index contributed by atoms with van der Waals surface area (Å²) in [6.45, 7) is -0.123. The van der Waals surface area contributed by atoms with E-state index in [0.717, 1.165) is 14.1 Å². The lowest BCUT2D eigenvalue weighted by Gasteiger charge is -2.34. The minimum Gasteiger partial charge on any atom is -0.476 e. The molecule has 0 unspecified atom stereocenters. The molecule has 0 radical (unpaired) electrons. The van der Waals surface area contributed by atoms with Crippen LogP contribution in [0.2, 0.25) is 5.02 Å². The maximum Gasteiger partial charge on any atom is 0.267 e. The molecule has 1 aliphatic rings. The van der Waals surface area contributed by atoms with E-state index in [9.17, 15) is 13.2 Å². The number of amides is 1. The zero-order valence-electron chi connectivity index (χ0n) is 13.1. The van der Waals surface area contributed by atoms with Crippen LogP contribution in [0.25, 0.3) is 0 Å². The van der Waals surface area contributed by atoms with Crippen LogP contribution in [0.5, 0.6) is 5.75 Å². The van der Waals surface area contributed by atoms with Gasteiger partial charge in [-0.1, -0.05) is 11.6 Å². The van der Waals surface area contributed by atoms with E-state index in [1.807, 2.05) is 12.1 Å². The van der Waals surface area contributed by atoms with Crippen LogP contribution in [0.15, 0.2) is 42.5 Å². The molecule has 132 valence electrons. The van der Waals surface area contributed by atoms with E-state index >= 15 is 0 Å². The van der Waals surface area contributed by atoms with Gasteiger partial charge in [-0.3, -0.25) is 9.10 Å². The van der Waals surface area contributed by atoms with Crippen molar-refractivity contribution in [3.63, 3.8) is 0 Å². The number of hydrogen-bond donors (Lipinski definition) is 1. The van der Waals surface area contributed by atoms with E-state index in [0.29, 0.717) is 22.1 Å².